The molecule has 0 saturated carbocycles. The minimum atomic E-state index is -0.265. The number of aromatic nitrogens is 1. The number of nitrogens with one attached hydrogen (secondary N) is 1. The molecule has 0 radical (unpaired) electrons. The average Bonchev–Trinajstić information content (AvgIpc) is 3.46. The van der Waals surface area contributed by atoms with Gasteiger partial charge in [-0.3, -0.25) is 9.69 Å². The van der Waals surface area contributed by atoms with Crippen LogP contribution in [0.15, 0.2) is 59.2 Å². The molecule has 1 fully saturated rings. The Morgan fingerprint density at radius 2 is 1.97 bits per heavy atom. The first kappa shape index (κ1) is 22.2. The van der Waals surface area contributed by atoms with E-state index < -0.39 is 0 Å². The van der Waals surface area contributed by atoms with Crippen LogP contribution >= 0.6 is 0 Å². The molecule has 0 unspecified atom stereocenters. The highest BCUT2D eigenvalue weighted by Crippen LogP contribution is 2.16. The van der Waals surface area contributed by atoms with Crippen LogP contribution in [0.1, 0.15) is 45.9 Å². The molecular formula is C25H28FN3O3. The van der Waals surface area contributed by atoms with Gasteiger partial charge in [0.15, 0.2) is 5.69 Å². The minimum absolute atomic E-state index is 0.0749. The van der Waals surface area contributed by atoms with Gasteiger partial charge >= 0.3 is 0 Å². The van der Waals surface area contributed by atoms with Crippen LogP contribution in [0.4, 0.5) is 4.39 Å². The molecule has 0 aliphatic carbocycles. The summed E-state index contributed by atoms with van der Waals surface area (Å²) < 4.78 is 24.5. The molecule has 7 heteroatoms. The van der Waals surface area contributed by atoms with E-state index in [2.05, 4.69) is 40.3 Å². The Morgan fingerprint density at radius 1 is 1.16 bits per heavy atom. The SMILES string of the molecule is Cc1cccc(CN(Cc2ccc(F)cc2)Cc2nc(C(=O)NC[C@@H]3CCCO3)co2)c1. The van der Waals surface area contributed by atoms with Gasteiger partial charge in [0.25, 0.3) is 5.91 Å². The predicted molar refractivity (Wildman–Crippen MR) is 118 cm³/mol. The van der Waals surface area contributed by atoms with Gasteiger partial charge in [0.1, 0.15) is 12.1 Å². The highest BCUT2D eigenvalue weighted by molar-refractivity contribution is 5.91. The third-order valence-corrected chi connectivity index (χ3v) is 5.47. The molecule has 1 N–H and O–H groups in total. The molecule has 2 heterocycles. The van der Waals surface area contributed by atoms with Crippen LogP contribution in [0.25, 0.3) is 0 Å². The van der Waals surface area contributed by atoms with Gasteiger partial charge in [0, 0.05) is 26.2 Å². The number of rotatable bonds is 9. The van der Waals surface area contributed by atoms with Crippen molar-refractivity contribution in [2.24, 2.45) is 0 Å². The second-order valence-corrected chi connectivity index (χ2v) is 8.23. The highest BCUT2D eigenvalue weighted by Gasteiger charge is 2.19. The molecule has 4 rings (SSSR count). The fourth-order valence-corrected chi connectivity index (χ4v) is 3.87. The maximum absolute atomic E-state index is 13.3. The molecule has 168 valence electrons. The van der Waals surface area contributed by atoms with Gasteiger partial charge in [0.2, 0.25) is 5.89 Å². The summed E-state index contributed by atoms with van der Waals surface area (Å²) in [5.41, 5.74) is 3.59. The van der Waals surface area contributed by atoms with E-state index in [0.717, 1.165) is 30.6 Å². The Bertz CT molecular complexity index is 1030. The lowest BCUT2D eigenvalue weighted by atomic mass is 10.1. The molecule has 0 spiro atoms. The number of amides is 1. The van der Waals surface area contributed by atoms with Crippen molar-refractivity contribution in [3.63, 3.8) is 0 Å². The number of carbonyl (C=O) groups is 1. The molecule has 3 aromatic rings. The van der Waals surface area contributed by atoms with E-state index in [0.29, 0.717) is 32.1 Å². The largest absolute Gasteiger partial charge is 0.447 e. The Balaban J connectivity index is 1.42. The Kier molecular flexibility index (Phi) is 7.29. The smallest absolute Gasteiger partial charge is 0.273 e. The van der Waals surface area contributed by atoms with Gasteiger partial charge in [-0.2, -0.15) is 0 Å². The lowest BCUT2D eigenvalue weighted by molar-refractivity contribution is 0.0853. The Labute approximate surface area is 187 Å². The maximum atomic E-state index is 13.3. The first-order chi connectivity index (χ1) is 15.5. The van der Waals surface area contributed by atoms with Crippen LogP contribution in [0.5, 0.6) is 0 Å². The number of ether oxygens (including phenoxy) is 1. The zero-order valence-electron chi connectivity index (χ0n) is 18.2. The van der Waals surface area contributed by atoms with Crippen molar-refractivity contribution >= 4 is 5.91 Å². The number of hydrogen-bond acceptors (Lipinski definition) is 5. The molecule has 1 atom stereocenters. The van der Waals surface area contributed by atoms with Crippen LogP contribution in [0.2, 0.25) is 0 Å². The van der Waals surface area contributed by atoms with Gasteiger partial charge in [-0.15, -0.1) is 0 Å². The standard InChI is InChI=1S/C25H28FN3O3/c1-18-4-2-5-20(12-18)15-29(14-19-7-9-21(26)10-8-19)16-24-28-23(17-32-24)25(30)27-13-22-6-3-11-31-22/h2,4-5,7-10,12,17,22H,3,6,11,13-16H2,1H3,(H,27,30)/t22-/m0/s1. The van der Waals surface area contributed by atoms with Gasteiger partial charge in [0.05, 0.1) is 12.6 Å². The van der Waals surface area contributed by atoms with Gasteiger partial charge < -0.3 is 14.5 Å². The summed E-state index contributed by atoms with van der Waals surface area (Å²) in [4.78, 5) is 19.0. The third kappa shape index (κ3) is 6.24. The van der Waals surface area contributed by atoms with Crippen molar-refractivity contribution in [3.8, 4) is 0 Å². The van der Waals surface area contributed by atoms with Crippen molar-refractivity contribution in [1.29, 1.82) is 0 Å². The zero-order valence-corrected chi connectivity index (χ0v) is 18.2. The summed E-state index contributed by atoms with van der Waals surface area (Å²) in [6.45, 7) is 4.97. The van der Waals surface area contributed by atoms with Gasteiger partial charge in [-0.1, -0.05) is 42.0 Å². The number of carbonyl (C=O) groups excluding carboxylic acids is 1. The van der Waals surface area contributed by atoms with E-state index in [9.17, 15) is 9.18 Å². The molecular weight excluding hydrogens is 409 g/mol. The second kappa shape index (κ2) is 10.5. The van der Waals surface area contributed by atoms with Crippen LogP contribution in [0, 0.1) is 12.7 Å². The molecule has 1 amide bonds. The van der Waals surface area contributed by atoms with Crippen LogP contribution in [-0.4, -0.2) is 35.0 Å². The van der Waals surface area contributed by atoms with Crippen molar-refractivity contribution < 1.29 is 18.3 Å². The summed E-state index contributed by atoms with van der Waals surface area (Å²) >= 11 is 0. The first-order valence-corrected chi connectivity index (χ1v) is 10.9. The number of halogens is 1. The molecule has 1 saturated heterocycles. The number of hydrogen-bond donors (Lipinski definition) is 1. The normalized spacial score (nSPS) is 15.9. The molecule has 0 bridgehead atoms. The van der Waals surface area contributed by atoms with E-state index >= 15 is 0 Å². The summed E-state index contributed by atoms with van der Waals surface area (Å²) in [5, 5.41) is 2.86. The zero-order chi connectivity index (χ0) is 22.3. The highest BCUT2D eigenvalue weighted by atomic mass is 19.1. The average molecular weight is 438 g/mol. The topological polar surface area (TPSA) is 67.6 Å². The van der Waals surface area contributed by atoms with Crippen LogP contribution < -0.4 is 5.32 Å². The summed E-state index contributed by atoms with van der Waals surface area (Å²) in [7, 11) is 0. The van der Waals surface area contributed by atoms with Gasteiger partial charge in [-0.25, -0.2) is 9.37 Å². The van der Waals surface area contributed by atoms with Gasteiger partial charge in [-0.05, 0) is 43.0 Å². The van der Waals surface area contributed by atoms with E-state index in [1.54, 1.807) is 12.1 Å². The molecule has 6 nitrogen and oxygen atoms in total. The molecule has 32 heavy (non-hydrogen) atoms. The molecule has 2 aromatic carbocycles. The summed E-state index contributed by atoms with van der Waals surface area (Å²) in [6, 6.07) is 14.8. The minimum Gasteiger partial charge on any atom is -0.447 e. The second-order valence-electron chi connectivity index (χ2n) is 8.23. The molecule has 1 aliphatic rings. The number of benzene rings is 2. The predicted octanol–water partition coefficient (Wildman–Crippen LogP) is 4.23. The van der Waals surface area contributed by atoms with Crippen molar-refractivity contribution in [2.45, 2.75) is 45.5 Å². The Morgan fingerprint density at radius 3 is 2.72 bits per heavy atom. The van der Waals surface area contributed by atoms with E-state index in [-0.39, 0.29) is 23.5 Å². The number of nitrogens with zero attached hydrogens (tertiary/aromatic N) is 2. The van der Waals surface area contributed by atoms with Crippen LogP contribution in [0.3, 0.4) is 0 Å². The summed E-state index contributed by atoms with van der Waals surface area (Å²) in [5.74, 6) is -0.0633. The van der Waals surface area contributed by atoms with E-state index in [4.69, 9.17) is 9.15 Å². The number of oxazole rings is 1. The van der Waals surface area contributed by atoms with Crippen molar-refractivity contribution in [2.75, 3.05) is 13.2 Å². The Hall–Kier alpha value is -3.03. The van der Waals surface area contributed by atoms with Crippen LogP contribution in [-0.2, 0) is 24.4 Å². The summed E-state index contributed by atoms with van der Waals surface area (Å²) in [6.07, 6.45) is 3.45. The third-order valence-electron chi connectivity index (χ3n) is 5.47. The van der Waals surface area contributed by atoms with Crippen molar-refractivity contribution in [3.05, 3.63) is 88.9 Å². The molecule has 1 aromatic heterocycles. The number of aryl methyl sites for hydroxylation is 1. The maximum Gasteiger partial charge on any atom is 0.273 e. The quantitative estimate of drug-likeness (QED) is 0.543. The van der Waals surface area contributed by atoms with E-state index in [1.807, 2.05) is 6.07 Å². The monoisotopic (exact) mass is 437 g/mol. The van der Waals surface area contributed by atoms with Crippen molar-refractivity contribution in [1.82, 2.24) is 15.2 Å². The first-order valence-electron chi connectivity index (χ1n) is 10.9. The van der Waals surface area contributed by atoms with E-state index in [1.165, 1.54) is 24.0 Å². The lowest BCUT2D eigenvalue weighted by Crippen LogP contribution is -2.32. The fraction of sp³-hybridized carbons (Fsp3) is 0.360. The lowest BCUT2D eigenvalue weighted by Gasteiger charge is -2.21. The fourth-order valence-electron chi connectivity index (χ4n) is 3.87. The molecule has 1 aliphatic heterocycles.